The Morgan fingerprint density at radius 1 is 1.32 bits per heavy atom. The van der Waals surface area contributed by atoms with E-state index in [4.69, 9.17) is 4.74 Å². The topological polar surface area (TPSA) is 35.9 Å². The molecule has 1 unspecified atom stereocenters. The number of methoxy groups -OCH3 is 1. The van der Waals surface area contributed by atoms with Gasteiger partial charge in [0.05, 0.1) is 12.8 Å². The van der Waals surface area contributed by atoms with Gasteiger partial charge in [0, 0.05) is 32.2 Å². The Balaban J connectivity index is 2.05. The van der Waals surface area contributed by atoms with Crippen LogP contribution < -0.4 is 9.64 Å². The molecule has 1 saturated heterocycles. The third-order valence-electron chi connectivity index (χ3n) is 3.58. The SMILES string of the molecule is CCC(O)N1CCN(c2ccc(F)cc2OC)CC1. The van der Waals surface area contributed by atoms with E-state index in [1.165, 1.54) is 12.1 Å². The van der Waals surface area contributed by atoms with Crippen molar-refractivity contribution in [3.8, 4) is 5.75 Å². The lowest BCUT2D eigenvalue weighted by Gasteiger charge is -2.38. The van der Waals surface area contributed by atoms with Crippen molar-refractivity contribution < 1.29 is 14.2 Å². The van der Waals surface area contributed by atoms with E-state index in [0.717, 1.165) is 38.3 Å². The van der Waals surface area contributed by atoms with Gasteiger partial charge in [0.15, 0.2) is 0 Å². The average molecular weight is 268 g/mol. The number of benzene rings is 1. The van der Waals surface area contributed by atoms with E-state index < -0.39 is 0 Å². The van der Waals surface area contributed by atoms with Gasteiger partial charge in [-0.25, -0.2) is 4.39 Å². The Morgan fingerprint density at radius 2 is 2.00 bits per heavy atom. The molecular formula is C14H21FN2O2. The van der Waals surface area contributed by atoms with Gasteiger partial charge < -0.3 is 14.7 Å². The number of ether oxygens (including phenoxy) is 1. The largest absolute Gasteiger partial charge is 0.494 e. The minimum Gasteiger partial charge on any atom is -0.494 e. The minimum atomic E-state index is -0.364. The maximum atomic E-state index is 13.2. The first-order chi connectivity index (χ1) is 9.15. The van der Waals surface area contributed by atoms with Gasteiger partial charge in [0.25, 0.3) is 0 Å². The summed E-state index contributed by atoms with van der Waals surface area (Å²) in [5.74, 6) is 0.269. The van der Waals surface area contributed by atoms with Crippen LogP contribution in [-0.4, -0.2) is 49.5 Å². The van der Waals surface area contributed by atoms with Crippen molar-refractivity contribution in [1.82, 2.24) is 4.90 Å². The Morgan fingerprint density at radius 3 is 2.58 bits per heavy atom. The quantitative estimate of drug-likeness (QED) is 0.901. The fourth-order valence-electron chi connectivity index (χ4n) is 2.43. The highest BCUT2D eigenvalue weighted by Gasteiger charge is 2.23. The van der Waals surface area contributed by atoms with E-state index in [0.29, 0.717) is 5.75 Å². The molecule has 0 radical (unpaired) electrons. The number of piperazine rings is 1. The summed E-state index contributed by atoms with van der Waals surface area (Å²) in [5, 5.41) is 9.81. The molecule has 106 valence electrons. The first-order valence-electron chi connectivity index (χ1n) is 6.66. The summed E-state index contributed by atoms with van der Waals surface area (Å²) in [7, 11) is 1.55. The molecule has 2 rings (SSSR count). The number of rotatable bonds is 4. The van der Waals surface area contributed by atoms with Crippen LogP contribution in [0.25, 0.3) is 0 Å². The second-order valence-corrected chi connectivity index (χ2v) is 4.73. The number of hydrogen-bond acceptors (Lipinski definition) is 4. The molecule has 0 aliphatic carbocycles. The zero-order chi connectivity index (χ0) is 13.8. The second kappa shape index (κ2) is 6.21. The molecule has 0 spiro atoms. The molecule has 1 N–H and O–H groups in total. The third-order valence-corrected chi connectivity index (χ3v) is 3.58. The summed E-state index contributed by atoms with van der Waals surface area (Å²) in [6, 6.07) is 4.60. The van der Waals surface area contributed by atoms with Crippen LogP contribution >= 0.6 is 0 Å². The standard InChI is InChI=1S/C14H21FN2O2/c1-3-14(18)17-8-6-16(7-9-17)12-5-4-11(15)10-13(12)19-2/h4-5,10,14,18H,3,6-9H2,1-2H3. The summed E-state index contributed by atoms with van der Waals surface area (Å²) in [4.78, 5) is 4.23. The van der Waals surface area contributed by atoms with Gasteiger partial charge in [-0.15, -0.1) is 0 Å². The molecule has 0 amide bonds. The van der Waals surface area contributed by atoms with Crippen molar-refractivity contribution in [2.24, 2.45) is 0 Å². The number of anilines is 1. The van der Waals surface area contributed by atoms with Crippen molar-refractivity contribution in [3.63, 3.8) is 0 Å². The summed E-state index contributed by atoms with van der Waals surface area (Å²) < 4.78 is 18.4. The van der Waals surface area contributed by atoms with Crippen LogP contribution in [0.15, 0.2) is 18.2 Å². The van der Waals surface area contributed by atoms with Crippen LogP contribution in [0, 0.1) is 5.82 Å². The van der Waals surface area contributed by atoms with Crippen molar-refractivity contribution in [2.75, 3.05) is 38.2 Å². The molecule has 1 atom stereocenters. The maximum Gasteiger partial charge on any atom is 0.145 e. The van der Waals surface area contributed by atoms with Crippen molar-refractivity contribution >= 4 is 5.69 Å². The van der Waals surface area contributed by atoms with E-state index in [1.54, 1.807) is 13.2 Å². The van der Waals surface area contributed by atoms with Crippen LogP contribution in [-0.2, 0) is 0 Å². The van der Waals surface area contributed by atoms with Crippen LogP contribution in [0.5, 0.6) is 5.75 Å². The van der Waals surface area contributed by atoms with Gasteiger partial charge in [0.2, 0.25) is 0 Å². The summed E-state index contributed by atoms with van der Waals surface area (Å²) in [5.41, 5.74) is 0.912. The molecule has 5 heteroatoms. The summed E-state index contributed by atoms with van der Waals surface area (Å²) in [6.45, 7) is 5.18. The van der Waals surface area contributed by atoms with Gasteiger partial charge in [0.1, 0.15) is 17.8 Å². The average Bonchev–Trinajstić information content (AvgIpc) is 2.46. The van der Waals surface area contributed by atoms with Gasteiger partial charge in [-0.3, -0.25) is 4.90 Å². The predicted molar refractivity (Wildman–Crippen MR) is 73.0 cm³/mol. The first kappa shape index (κ1) is 14.1. The monoisotopic (exact) mass is 268 g/mol. The molecule has 1 fully saturated rings. The fraction of sp³-hybridized carbons (Fsp3) is 0.571. The van der Waals surface area contributed by atoms with Crippen molar-refractivity contribution in [3.05, 3.63) is 24.0 Å². The number of hydrogen-bond donors (Lipinski definition) is 1. The maximum absolute atomic E-state index is 13.2. The fourth-order valence-corrected chi connectivity index (χ4v) is 2.43. The number of aliphatic hydroxyl groups excluding tert-OH is 1. The van der Waals surface area contributed by atoms with Gasteiger partial charge >= 0.3 is 0 Å². The molecular weight excluding hydrogens is 247 g/mol. The van der Waals surface area contributed by atoms with Gasteiger partial charge in [-0.1, -0.05) is 6.92 Å². The Labute approximate surface area is 113 Å². The Hall–Kier alpha value is -1.33. The minimum absolute atomic E-state index is 0.291. The van der Waals surface area contributed by atoms with Crippen molar-refractivity contribution in [2.45, 2.75) is 19.6 Å². The van der Waals surface area contributed by atoms with E-state index >= 15 is 0 Å². The predicted octanol–water partition coefficient (Wildman–Crippen LogP) is 1.68. The zero-order valence-corrected chi connectivity index (χ0v) is 11.5. The molecule has 0 saturated carbocycles. The normalized spacial score (nSPS) is 18.4. The number of halogens is 1. The van der Waals surface area contributed by atoms with Crippen LogP contribution in [0.1, 0.15) is 13.3 Å². The van der Waals surface area contributed by atoms with Gasteiger partial charge in [-0.2, -0.15) is 0 Å². The Bertz CT molecular complexity index is 420. The lowest BCUT2D eigenvalue weighted by Crippen LogP contribution is -2.50. The molecule has 4 nitrogen and oxygen atoms in total. The Kier molecular flexibility index (Phi) is 4.61. The number of nitrogens with zero attached hydrogens (tertiary/aromatic N) is 2. The zero-order valence-electron chi connectivity index (χ0n) is 11.5. The molecule has 1 heterocycles. The van der Waals surface area contributed by atoms with E-state index in [-0.39, 0.29) is 12.0 Å². The van der Waals surface area contributed by atoms with E-state index in [9.17, 15) is 9.50 Å². The number of aliphatic hydroxyl groups is 1. The summed E-state index contributed by atoms with van der Waals surface area (Å²) >= 11 is 0. The molecule has 1 aromatic rings. The molecule has 19 heavy (non-hydrogen) atoms. The van der Waals surface area contributed by atoms with Crippen LogP contribution in [0.4, 0.5) is 10.1 Å². The highest BCUT2D eigenvalue weighted by Crippen LogP contribution is 2.29. The third kappa shape index (κ3) is 3.16. The first-order valence-corrected chi connectivity index (χ1v) is 6.66. The van der Waals surface area contributed by atoms with E-state index in [2.05, 4.69) is 9.80 Å². The molecule has 0 aromatic heterocycles. The molecule has 1 aliphatic heterocycles. The molecule has 0 bridgehead atoms. The highest BCUT2D eigenvalue weighted by atomic mass is 19.1. The van der Waals surface area contributed by atoms with Crippen LogP contribution in [0.3, 0.4) is 0 Å². The van der Waals surface area contributed by atoms with Gasteiger partial charge in [-0.05, 0) is 18.6 Å². The highest BCUT2D eigenvalue weighted by molar-refractivity contribution is 5.58. The van der Waals surface area contributed by atoms with Crippen molar-refractivity contribution in [1.29, 1.82) is 0 Å². The van der Waals surface area contributed by atoms with Crippen LogP contribution in [0.2, 0.25) is 0 Å². The molecule has 1 aliphatic rings. The molecule has 1 aromatic carbocycles. The lowest BCUT2D eigenvalue weighted by atomic mass is 10.2. The smallest absolute Gasteiger partial charge is 0.145 e. The second-order valence-electron chi connectivity index (χ2n) is 4.73. The lowest BCUT2D eigenvalue weighted by molar-refractivity contribution is -0.00195. The van der Waals surface area contributed by atoms with E-state index in [1.807, 2.05) is 6.92 Å². The summed E-state index contributed by atoms with van der Waals surface area (Å²) in [6.07, 6.45) is 0.372.